The fourth-order valence-electron chi connectivity index (χ4n) is 1.48. The van der Waals surface area contributed by atoms with Crippen molar-refractivity contribution in [2.45, 2.75) is 32.6 Å². The molecule has 0 radical (unpaired) electrons. The van der Waals surface area contributed by atoms with Crippen molar-refractivity contribution in [3.8, 4) is 0 Å². The van der Waals surface area contributed by atoms with Crippen LogP contribution in [0.25, 0.3) is 0 Å². The first-order valence-electron chi connectivity index (χ1n) is 3.48. The molecular formula is C7H12F2. The molecule has 0 spiro atoms. The Morgan fingerprint density at radius 2 is 2.00 bits per heavy atom. The van der Waals surface area contributed by atoms with Crippen molar-refractivity contribution in [2.75, 3.05) is 0 Å². The van der Waals surface area contributed by atoms with Crippen LogP contribution in [0.4, 0.5) is 8.78 Å². The highest BCUT2D eigenvalue weighted by atomic mass is 19.3. The first-order chi connectivity index (χ1) is 4.20. The first-order valence-corrected chi connectivity index (χ1v) is 3.48. The molecule has 0 amide bonds. The normalized spacial score (nSPS) is 36.0. The van der Waals surface area contributed by atoms with E-state index >= 15 is 0 Å². The quantitative estimate of drug-likeness (QED) is 0.517. The molecule has 0 aliphatic heterocycles. The summed E-state index contributed by atoms with van der Waals surface area (Å²) in [7, 11) is 0. The number of alkyl halides is 2. The molecule has 54 valence electrons. The Morgan fingerprint density at radius 1 is 1.33 bits per heavy atom. The van der Waals surface area contributed by atoms with E-state index in [-0.39, 0.29) is 5.92 Å². The SMILES string of the molecule is C[C@@H]1CC[C@H](C(F)F)C1. The van der Waals surface area contributed by atoms with E-state index in [9.17, 15) is 8.78 Å². The summed E-state index contributed by atoms with van der Waals surface area (Å²) < 4.78 is 23.8. The molecule has 0 heterocycles. The van der Waals surface area contributed by atoms with Crippen LogP contribution in [0.1, 0.15) is 26.2 Å². The lowest BCUT2D eigenvalue weighted by molar-refractivity contribution is 0.0789. The van der Waals surface area contributed by atoms with Gasteiger partial charge in [-0.1, -0.05) is 13.3 Å². The van der Waals surface area contributed by atoms with Crippen LogP contribution in [-0.4, -0.2) is 6.43 Å². The average Bonchev–Trinajstić information content (AvgIpc) is 2.14. The monoisotopic (exact) mass is 134 g/mol. The fourth-order valence-corrected chi connectivity index (χ4v) is 1.48. The van der Waals surface area contributed by atoms with E-state index in [4.69, 9.17) is 0 Å². The van der Waals surface area contributed by atoms with E-state index in [1.165, 1.54) is 0 Å². The molecule has 1 aliphatic carbocycles. The van der Waals surface area contributed by atoms with Gasteiger partial charge in [0.2, 0.25) is 6.43 Å². The van der Waals surface area contributed by atoms with Crippen LogP contribution in [0.15, 0.2) is 0 Å². The minimum absolute atomic E-state index is 0.292. The number of hydrogen-bond donors (Lipinski definition) is 0. The second-order valence-electron chi connectivity index (χ2n) is 3.01. The summed E-state index contributed by atoms with van der Waals surface area (Å²) >= 11 is 0. The third-order valence-corrected chi connectivity index (χ3v) is 2.09. The van der Waals surface area contributed by atoms with Crippen LogP contribution in [0.3, 0.4) is 0 Å². The Labute approximate surface area is 54.3 Å². The molecule has 1 saturated carbocycles. The van der Waals surface area contributed by atoms with Gasteiger partial charge < -0.3 is 0 Å². The molecule has 1 fully saturated rings. The van der Waals surface area contributed by atoms with Crippen molar-refractivity contribution in [3.63, 3.8) is 0 Å². The molecule has 0 aromatic carbocycles. The second kappa shape index (κ2) is 2.63. The van der Waals surface area contributed by atoms with Crippen LogP contribution in [0, 0.1) is 11.8 Å². The standard InChI is InChI=1S/C7H12F2/c1-5-2-3-6(4-5)7(8)9/h5-7H,2-4H2,1H3/t5-,6+/m1/s1. The number of rotatable bonds is 1. The van der Waals surface area contributed by atoms with E-state index in [2.05, 4.69) is 0 Å². The molecular weight excluding hydrogens is 122 g/mol. The summed E-state index contributed by atoms with van der Waals surface area (Å²) in [5, 5.41) is 0. The van der Waals surface area contributed by atoms with Gasteiger partial charge in [-0.15, -0.1) is 0 Å². The van der Waals surface area contributed by atoms with E-state index in [1.807, 2.05) is 6.92 Å². The van der Waals surface area contributed by atoms with Crippen molar-refractivity contribution in [2.24, 2.45) is 11.8 Å². The molecule has 0 aromatic rings. The summed E-state index contributed by atoms with van der Waals surface area (Å²) in [6, 6.07) is 0. The average molecular weight is 134 g/mol. The van der Waals surface area contributed by atoms with E-state index < -0.39 is 6.43 Å². The molecule has 0 unspecified atom stereocenters. The third-order valence-electron chi connectivity index (χ3n) is 2.09. The lowest BCUT2D eigenvalue weighted by Crippen LogP contribution is -2.05. The highest BCUT2D eigenvalue weighted by Crippen LogP contribution is 2.34. The maximum atomic E-state index is 11.9. The molecule has 0 aromatic heterocycles. The fraction of sp³-hybridized carbons (Fsp3) is 1.00. The van der Waals surface area contributed by atoms with Crippen molar-refractivity contribution in [1.29, 1.82) is 0 Å². The van der Waals surface area contributed by atoms with Crippen LogP contribution >= 0.6 is 0 Å². The Kier molecular flexibility index (Phi) is 2.04. The molecule has 9 heavy (non-hydrogen) atoms. The largest absolute Gasteiger partial charge is 0.241 e. The first kappa shape index (κ1) is 6.97. The van der Waals surface area contributed by atoms with Crippen LogP contribution in [-0.2, 0) is 0 Å². The van der Waals surface area contributed by atoms with Gasteiger partial charge in [0.15, 0.2) is 0 Å². The second-order valence-corrected chi connectivity index (χ2v) is 3.01. The Hall–Kier alpha value is -0.140. The minimum atomic E-state index is -2.07. The molecule has 0 bridgehead atoms. The van der Waals surface area contributed by atoms with Crippen molar-refractivity contribution < 1.29 is 8.78 Å². The van der Waals surface area contributed by atoms with Crippen molar-refractivity contribution in [3.05, 3.63) is 0 Å². The molecule has 0 saturated heterocycles. The van der Waals surface area contributed by atoms with Gasteiger partial charge in [-0.2, -0.15) is 0 Å². The van der Waals surface area contributed by atoms with E-state index in [0.717, 1.165) is 19.3 Å². The Morgan fingerprint density at radius 3 is 2.22 bits per heavy atom. The van der Waals surface area contributed by atoms with Crippen molar-refractivity contribution >= 4 is 0 Å². The zero-order chi connectivity index (χ0) is 6.85. The van der Waals surface area contributed by atoms with Gasteiger partial charge in [0, 0.05) is 5.92 Å². The maximum Gasteiger partial charge on any atom is 0.241 e. The van der Waals surface area contributed by atoms with Gasteiger partial charge >= 0.3 is 0 Å². The van der Waals surface area contributed by atoms with Gasteiger partial charge in [0.25, 0.3) is 0 Å². The van der Waals surface area contributed by atoms with Gasteiger partial charge in [-0.05, 0) is 18.8 Å². The van der Waals surface area contributed by atoms with E-state index in [0.29, 0.717) is 5.92 Å². The summed E-state index contributed by atoms with van der Waals surface area (Å²) in [5.74, 6) is 0.240. The Bertz CT molecular complexity index is 90.9. The summed E-state index contributed by atoms with van der Waals surface area (Å²) in [6.45, 7) is 2.04. The van der Waals surface area contributed by atoms with Gasteiger partial charge in [0.1, 0.15) is 0 Å². The predicted molar refractivity (Wildman–Crippen MR) is 32.5 cm³/mol. The molecule has 0 N–H and O–H groups in total. The smallest absolute Gasteiger partial charge is 0.210 e. The molecule has 1 rings (SSSR count). The van der Waals surface area contributed by atoms with Gasteiger partial charge in [0.05, 0.1) is 0 Å². The topological polar surface area (TPSA) is 0 Å². The highest BCUT2D eigenvalue weighted by Gasteiger charge is 2.28. The number of hydrogen-bond acceptors (Lipinski definition) is 0. The highest BCUT2D eigenvalue weighted by molar-refractivity contribution is 4.73. The molecule has 2 heteroatoms. The maximum absolute atomic E-state index is 11.9. The zero-order valence-corrected chi connectivity index (χ0v) is 5.61. The minimum Gasteiger partial charge on any atom is -0.210 e. The summed E-state index contributed by atoms with van der Waals surface area (Å²) in [4.78, 5) is 0. The van der Waals surface area contributed by atoms with Crippen LogP contribution in [0.5, 0.6) is 0 Å². The van der Waals surface area contributed by atoms with E-state index in [1.54, 1.807) is 0 Å². The lowest BCUT2D eigenvalue weighted by atomic mass is 10.1. The predicted octanol–water partition coefficient (Wildman–Crippen LogP) is 2.69. The van der Waals surface area contributed by atoms with Gasteiger partial charge in [-0.25, -0.2) is 8.78 Å². The molecule has 0 nitrogen and oxygen atoms in total. The molecule has 1 aliphatic rings. The summed E-state index contributed by atoms with van der Waals surface area (Å²) in [5.41, 5.74) is 0. The lowest BCUT2D eigenvalue weighted by Gasteiger charge is -2.05. The Balaban J connectivity index is 2.30. The van der Waals surface area contributed by atoms with Gasteiger partial charge in [-0.3, -0.25) is 0 Å². The molecule has 2 atom stereocenters. The van der Waals surface area contributed by atoms with Crippen molar-refractivity contribution in [1.82, 2.24) is 0 Å². The summed E-state index contributed by atoms with van der Waals surface area (Å²) in [6.07, 6.45) is 0.390. The number of halogens is 2. The van der Waals surface area contributed by atoms with Crippen LogP contribution < -0.4 is 0 Å². The zero-order valence-electron chi connectivity index (χ0n) is 5.61. The van der Waals surface area contributed by atoms with Crippen LogP contribution in [0.2, 0.25) is 0 Å². The third kappa shape index (κ3) is 1.63.